The Balaban J connectivity index is 2.53. The van der Waals surface area contributed by atoms with Crippen LogP contribution in [0.25, 0.3) is 0 Å². The van der Waals surface area contributed by atoms with Crippen molar-refractivity contribution in [1.29, 1.82) is 0 Å². The molecular formula is C10H18IN3. The molecule has 0 spiro atoms. The summed E-state index contributed by atoms with van der Waals surface area (Å²) < 4.78 is 1.11. The fourth-order valence-electron chi connectivity index (χ4n) is 1.26. The number of nitrogens with one attached hydrogen (secondary N) is 1. The van der Waals surface area contributed by atoms with E-state index in [-0.39, 0.29) is 0 Å². The molecule has 0 unspecified atom stereocenters. The quantitative estimate of drug-likeness (QED) is 0.865. The van der Waals surface area contributed by atoms with Crippen LogP contribution in [0.2, 0.25) is 0 Å². The fourth-order valence-corrected chi connectivity index (χ4v) is 2.05. The topological polar surface area (TPSA) is 31.9 Å². The molecule has 0 bridgehead atoms. The molecule has 80 valence electrons. The Labute approximate surface area is 99.4 Å². The van der Waals surface area contributed by atoms with Crippen LogP contribution in [0.4, 0.5) is 0 Å². The second kappa shape index (κ2) is 5.11. The zero-order valence-corrected chi connectivity index (χ0v) is 11.4. The van der Waals surface area contributed by atoms with Gasteiger partial charge in [-0.1, -0.05) is 0 Å². The average Bonchev–Trinajstić information content (AvgIpc) is 2.43. The van der Waals surface area contributed by atoms with Gasteiger partial charge < -0.3 is 4.90 Å². The van der Waals surface area contributed by atoms with Gasteiger partial charge >= 0.3 is 0 Å². The Bertz CT molecular complexity index is 274. The molecule has 0 radical (unpaired) electrons. The first kappa shape index (κ1) is 12.0. The molecule has 1 rings (SSSR count). The standard InChI is InChI=1S/C10H18IN3/c1-7(2)14(4)6-5-9-8(3)12-13-10(9)11/h7H,5-6H2,1-4H3,(H,12,13). The first-order valence-electron chi connectivity index (χ1n) is 4.92. The van der Waals surface area contributed by atoms with Crippen LogP contribution in [0.3, 0.4) is 0 Å². The molecule has 1 N–H and O–H groups in total. The van der Waals surface area contributed by atoms with Gasteiger partial charge in [0.25, 0.3) is 0 Å². The molecule has 1 heterocycles. The lowest BCUT2D eigenvalue weighted by molar-refractivity contribution is 0.277. The van der Waals surface area contributed by atoms with E-state index in [2.05, 4.69) is 65.5 Å². The molecule has 0 aliphatic rings. The van der Waals surface area contributed by atoms with Gasteiger partial charge in [-0.2, -0.15) is 5.10 Å². The highest BCUT2D eigenvalue weighted by atomic mass is 127. The average molecular weight is 307 g/mol. The Morgan fingerprint density at radius 1 is 1.50 bits per heavy atom. The molecule has 14 heavy (non-hydrogen) atoms. The van der Waals surface area contributed by atoms with Crippen LogP contribution in [0.5, 0.6) is 0 Å². The lowest BCUT2D eigenvalue weighted by atomic mass is 10.2. The van der Waals surface area contributed by atoms with Crippen molar-refractivity contribution in [3.8, 4) is 0 Å². The molecule has 0 amide bonds. The highest BCUT2D eigenvalue weighted by molar-refractivity contribution is 14.1. The number of hydrogen-bond donors (Lipinski definition) is 1. The largest absolute Gasteiger partial charge is 0.304 e. The molecule has 0 aliphatic carbocycles. The highest BCUT2D eigenvalue weighted by Gasteiger charge is 2.09. The van der Waals surface area contributed by atoms with Crippen molar-refractivity contribution in [2.75, 3.05) is 13.6 Å². The van der Waals surface area contributed by atoms with Gasteiger partial charge in [0.1, 0.15) is 3.70 Å². The van der Waals surface area contributed by atoms with Gasteiger partial charge in [0.05, 0.1) is 0 Å². The predicted molar refractivity (Wildman–Crippen MR) is 67.5 cm³/mol. The van der Waals surface area contributed by atoms with Crippen molar-refractivity contribution in [2.24, 2.45) is 0 Å². The van der Waals surface area contributed by atoms with E-state index in [0.717, 1.165) is 16.7 Å². The highest BCUT2D eigenvalue weighted by Crippen LogP contribution is 2.13. The monoisotopic (exact) mass is 307 g/mol. The summed E-state index contributed by atoms with van der Waals surface area (Å²) in [4.78, 5) is 2.35. The van der Waals surface area contributed by atoms with Crippen LogP contribution in [-0.2, 0) is 6.42 Å². The number of rotatable bonds is 4. The van der Waals surface area contributed by atoms with Gasteiger partial charge in [0, 0.05) is 23.8 Å². The number of aromatic nitrogens is 2. The molecule has 4 heteroatoms. The van der Waals surface area contributed by atoms with Crippen LogP contribution < -0.4 is 0 Å². The summed E-state index contributed by atoms with van der Waals surface area (Å²) >= 11 is 2.28. The second-order valence-corrected chi connectivity index (χ2v) is 4.96. The lowest BCUT2D eigenvalue weighted by Crippen LogP contribution is -2.28. The minimum atomic E-state index is 0.611. The fraction of sp³-hybridized carbons (Fsp3) is 0.700. The van der Waals surface area contributed by atoms with E-state index >= 15 is 0 Å². The maximum absolute atomic E-state index is 4.18. The van der Waals surface area contributed by atoms with Crippen LogP contribution in [-0.4, -0.2) is 34.7 Å². The van der Waals surface area contributed by atoms with Crippen molar-refractivity contribution >= 4 is 22.6 Å². The van der Waals surface area contributed by atoms with E-state index in [9.17, 15) is 0 Å². The Hall–Kier alpha value is -0.100. The third kappa shape index (κ3) is 2.95. The Kier molecular flexibility index (Phi) is 4.37. The summed E-state index contributed by atoms with van der Waals surface area (Å²) in [6.45, 7) is 7.61. The zero-order valence-electron chi connectivity index (χ0n) is 9.26. The number of aryl methyl sites for hydroxylation is 1. The normalized spacial score (nSPS) is 11.6. The van der Waals surface area contributed by atoms with Crippen LogP contribution in [0.15, 0.2) is 0 Å². The van der Waals surface area contributed by atoms with E-state index in [1.807, 2.05) is 0 Å². The molecule has 0 aromatic carbocycles. The van der Waals surface area contributed by atoms with Crippen LogP contribution in [0.1, 0.15) is 25.1 Å². The van der Waals surface area contributed by atoms with E-state index in [1.165, 1.54) is 11.3 Å². The molecule has 3 nitrogen and oxygen atoms in total. The minimum absolute atomic E-state index is 0.611. The molecule has 1 aromatic heterocycles. The smallest absolute Gasteiger partial charge is 0.126 e. The van der Waals surface area contributed by atoms with E-state index in [1.54, 1.807) is 0 Å². The minimum Gasteiger partial charge on any atom is -0.304 e. The lowest BCUT2D eigenvalue weighted by Gasteiger charge is -2.20. The number of H-pyrrole nitrogens is 1. The number of aromatic amines is 1. The maximum Gasteiger partial charge on any atom is 0.126 e. The first-order chi connectivity index (χ1) is 6.52. The Morgan fingerprint density at radius 3 is 2.57 bits per heavy atom. The van der Waals surface area contributed by atoms with E-state index in [4.69, 9.17) is 0 Å². The third-order valence-corrected chi connectivity index (χ3v) is 3.51. The van der Waals surface area contributed by atoms with Gasteiger partial charge in [-0.25, -0.2) is 0 Å². The molecule has 0 saturated heterocycles. The Morgan fingerprint density at radius 2 is 2.14 bits per heavy atom. The SMILES string of the molecule is Cc1[nH]nc(I)c1CCN(C)C(C)C. The van der Waals surface area contributed by atoms with Crippen LogP contribution >= 0.6 is 22.6 Å². The molecule has 0 atom stereocenters. The van der Waals surface area contributed by atoms with Gasteiger partial charge in [-0.3, -0.25) is 5.10 Å². The van der Waals surface area contributed by atoms with E-state index in [0.29, 0.717) is 6.04 Å². The zero-order chi connectivity index (χ0) is 10.7. The van der Waals surface area contributed by atoms with E-state index < -0.39 is 0 Å². The summed E-state index contributed by atoms with van der Waals surface area (Å²) in [5.74, 6) is 0. The molecule has 0 saturated carbocycles. The third-order valence-electron chi connectivity index (χ3n) is 2.62. The first-order valence-corrected chi connectivity index (χ1v) is 5.99. The van der Waals surface area contributed by atoms with Gasteiger partial charge in [0.15, 0.2) is 0 Å². The molecule has 0 fully saturated rings. The summed E-state index contributed by atoms with van der Waals surface area (Å²) in [7, 11) is 2.16. The number of halogens is 1. The molecule has 0 aliphatic heterocycles. The van der Waals surface area contributed by atoms with Gasteiger partial charge in [-0.15, -0.1) is 0 Å². The summed E-state index contributed by atoms with van der Waals surface area (Å²) in [6.07, 6.45) is 1.08. The van der Waals surface area contributed by atoms with Crippen molar-refractivity contribution in [3.63, 3.8) is 0 Å². The van der Waals surface area contributed by atoms with Crippen molar-refractivity contribution in [3.05, 3.63) is 15.0 Å². The van der Waals surface area contributed by atoms with Crippen molar-refractivity contribution in [1.82, 2.24) is 15.1 Å². The van der Waals surface area contributed by atoms with Crippen LogP contribution in [0, 0.1) is 10.6 Å². The molecule has 1 aromatic rings. The number of nitrogens with zero attached hydrogens (tertiary/aromatic N) is 2. The molecular weight excluding hydrogens is 289 g/mol. The second-order valence-electron chi connectivity index (χ2n) is 3.94. The summed E-state index contributed by atoms with van der Waals surface area (Å²) in [6, 6.07) is 0.611. The van der Waals surface area contributed by atoms with Crippen molar-refractivity contribution < 1.29 is 0 Å². The van der Waals surface area contributed by atoms with Gasteiger partial charge in [-0.05, 0) is 56.8 Å². The number of hydrogen-bond acceptors (Lipinski definition) is 2. The van der Waals surface area contributed by atoms with Gasteiger partial charge in [0.2, 0.25) is 0 Å². The summed E-state index contributed by atoms with van der Waals surface area (Å²) in [5, 5.41) is 7.20. The van der Waals surface area contributed by atoms with Crippen molar-refractivity contribution in [2.45, 2.75) is 33.2 Å². The predicted octanol–water partition coefficient (Wildman–Crippen LogP) is 2.21. The summed E-state index contributed by atoms with van der Waals surface area (Å²) in [5.41, 5.74) is 2.56. The number of likely N-dealkylation sites (N-methyl/N-ethyl adjacent to an activating group) is 1. The maximum atomic E-state index is 4.18.